The Balaban J connectivity index is 1.67. The fourth-order valence-electron chi connectivity index (χ4n) is 2.67. The monoisotopic (exact) mass is 440 g/mol. The highest BCUT2D eigenvalue weighted by atomic mass is 32.2. The predicted octanol–water partition coefficient (Wildman–Crippen LogP) is 3.53. The van der Waals surface area contributed by atoms with Crippen molar-refractivity contribution in [3.8, 4) is 5.75 Å². The van der Waals surface area contributed by atoms with E-state index < -0.39 is 21.9 Å². The molecule has 0 bridgehead atoms. The molecule has 160 valence electrons. The Morgan fingerprint density at radius 3 is 1.84 bits per heavy atom. The summed E-state index contributed by atoms with van der Waals surface area (Å²) in [6.45, 7) is 0. The van der Waals surface area contributed by atoms with Crippen LogP contribution in [0.2, 0.25) is 0 Å². The van der Waals surface area contributed by atoms with Crippen molar-refractivity contribution in [2.45, 2.75) is 4.90 Å². The highest BCUT2D eigenvalue weighted by Crippen LogP contribution is 2.21. The first kappa shape index (κ1) is 21.8. The maximum Gasteiger partial charge on any atom is 0.337 e. The van der Waals surface area contributed by atoms with E-state index in [-0.39, 0.29) is 4.90 Å². The van der Waals surface area contributed by atoms with Crippen LogP contribution in [0.15, 0.2) is 77.7 Å². The zero-order valence-electron chi connectivity index (χ0n) is 16.8. The number of nitrogens with one attached hydrogen (secondary N) is 2. The zero-order valence-corrected chi connectivity index (χ0v) is 17.6. The largest absolute Gasteiger partial charge is 0.497 e. The highest BCUT2D eigenvalue weighted by Gasteiger charge is 2.15. The maximum atomic E-state index is 12.6. The molecular weight excluding hydrogens is 420 g/mol. The van der Waals surface area contributed by atoms with Gasteiger partial charge in [-0.25, -0.2) is 13.2 Å². The van der Waals surface area contributed by atoms with Gasteiger partial charge in [0.05, 0.1) is 24.7 Å². The molecule has 0 aliphatic heterocycles. The van der Waals surface area contributed by atoms with Gasteiger partial charge >= 0.3 is 5.97 Å². The third kappa shape index (κ3) is 5.40. The van der Waals surface area contributed by atoms with Gasteiger partial charge in [-0.2, -0.15) is 0 Å². The van der Waals surface area contributed by atoms with Gasteiger partial charge in [-0.1, -0.05) is 0 Å². The van der Waals surface area contributed by atoms with E-state index in [2.05, 4.69) is 14.8 Å². The molecule has 3 aromatic rings. The van der Waals surface area contributed by atoms with Crippen LogP contribution in [-0.4, -0.2) is 34.5 Å². The Kier molecular flexibility index (Phi) is 6.56. The lowest BCUT2D eigenvalue weighted by molar-refractivity contribution is 0.0600. The molecule has 0 atom stereocenters. The summed E-state index contributed by atoms with van der Waals surface area (Å²) in [6, 6.07) is 18.2. The molecule has 0 aliphatic rings. The molecule has 0 radical (unpaired) electrons. The molecule has 0 spiro atoms. The molecule has 0 heterocycles. The lowest BCUT2D eigenvalue weighted by atomic mass is 10.1. The molecule has 3 rings (SSSR count). The van der Waals surface area contributed by atoms with Gasteiger partial charge in [0.15, 0.2) is 0 Å². The Labute approximate surface area is 179 Å². The van der Waals surface area contributed by atoms with Crippen LogP contribution < -0.4 is 14.8 Å². The SMILES string of the molecule is COC(=O)c1ccc(C(=O)Nc2ccc(S(=O)(=O)Nc3ccc(OC)cc3)cc2)cc1. The first-order chi connectivity index (χ1) is 14.8. The van der Waals surface area contributed by atoms with E-state index in [4.69, 9.17) is 4.74 Å². The number of carbonyl (C=O) groups excluding carboxylic acids is 2. The summed E-state index contributed by atoms with van der Waals surface area (Å²) in [6.07, 6.45) is 0. The third-order valence-electron chi connectivity index (χ3n) is 4.33. The van der Waals surface area contributed by atoms with Crippen molar-refractivity contribution in [3.05, 3.63) is 83.9 Å². The van der Waals surface area contributed by atoms with Gasteiger partial charge in [0.2, 0.25) is 0 Å². The fraction of sp³-hybridized carbons (Fsp3) is 0.0909. The number of hydrogen-bond acceptors (Lipinski definition) is 6. The molecule has 0 saturated heterocycles. The predicted molar refractivity (Wildman–Crippen MR) is 116 cm³/mol. The van der Waals surface area contributed by atoms with Crippen molar-refractivity contribution in [1.29, 1.82) is 0 Å². The lowest BCUT2D eigenvalue weighted by Crippen LogP contribution is -2.14. The summed E-state index contributed by atoms with van der Waals surface area (Å²) >= 11 is 0. The second-order valence-electron chi connectivity index (χ2n) is 6.38. The van der Waals surface area contributed by atoms with Crippen molar-refractivity contribution >= 4 is 33.3 Å². The van der Waals surface area contributed by atoms with Crippen molar-refractivity contribution in [3.63, 3.8) is 0 Å². The standard InChI is InChI=1S/C22H20N2O6S/c1-29-19-11-7-18(8-12-19)24-31(27,28)20-13-9-17(10-14-20)23-21(25)15-3-5-16(6-4-15)22(26)30-2/h3-14,24H,1-2H3,(H,23,25). The molecule has 0 fully saturated rings. The molecule has 2 N–H and O–H groups in total. The number of ether oxygens (including phenoxy) is 2. The topological polar surface area (TPSA) is 111 Å². The van der Waals surface area contributed by atoms with Gasteiger partial charge < -0.3 is 14.8 Å². The molecule has 0 unspecified atom stereocenters. The van der Waals surface area contributed by atoms with Crippen LogP contribution in [0.1, 0.15) is 20.7 Å². The molecular formula is C22H20N2O6S. The number of methoxy groups -OCH3 is 2. The summed E-state index contributed by atoms with van der Waals surface area (Å²) in [5.74, 6) is -0.279. The van der Waals surface area contributed by atoms with Crippen LogP contribution in [0.5, 0.6) is 5.75 Å². The minimum Gasteiger partial charge on any atom is -0.497 e. The van der Waals surface area contributed by atoms with Gasteiger partial charge in [-0.3, -0.25) is 9.52 Å². The van der Waals surface area contributed by atoms with Gasteiger partial charge in [-0.05, 0) is 72.8 Å². The van der Waals surface area contributed by atoms with Crippen LogP contribution in [0.4, 0.5) is 11.4 Å². The van der Waals surface area contributed by atoms with Crippen LogP contribution in [0, 0.1) is 0 Å². The Bertz CT molecular complexity index is 1170. The zero-order chi connectivity index (χ0) is 22.4. The molecule has 0 aromatic heterocycles. The third-order valence-corrected chi connectivity index (χ3v) is 5.73. The van der Waals surface area contributed by atoms with E-state index in [1.807, 2.05) is 0 Å². The van der Waals surface area contributed by atoms with E-state index >= 15 is 0 Å². The number of rotatable bonds is 7. The number of amides is 1. The van der Waals surface area contributed by atoms with Crippen molar-refractivity contribution in [1.82, 2.24) is 0 Å². The smallest absolute Gasteiger partial charge is 0.337 e. The van der Waals surface area contributed by atoms with E-state index in [0.29, 0.717) is 28.3 Å². The second-order valence-corrected chi connectivity index (χ2v) is 8.06. The van der Waals surface area contributed by atoms with Gasteiger partial charge in [0.1, 0.15) is 5.75 Å². The average Bonchev–Trinajstić information content (AvgIpc) is 2.79. The van der Waals surface area contributed by atoms with E-state index in [9.17, 15) is 18.0 Å². The number of benzene rings is 3. The molecule has 8 nitrogen and oxygen atoms in total. The normalized spacial score (nSPS) is 10.8. The van der Waals surface area contributed by atoms with Crippen LogP contribution in [0.25, 0.3) is 0 Å². The van der Waals surface area contributed by atoms with Crippen LogP contribution in [0.3, 0.4) is 0 Å². The number of anilines is 2. The van der Waals surface area contributed by atoms with Gasteiger partial charge in [-0.15, -0.1) is 0 Å². The number of esters is 1. The highest BCUT2D eigenvalue weighted by molar-refractivity contribution is 7.92. The van der Waals surface area contributed by atoms with E-state index in [0.717, 1.165) is 0 Å². The summed E-state index contributed by atoms with van der Waals surface area (Å²) in [5.41, 5.74) is 1.49. The lowest BCUT2D eigenvalue weighted by Gasteiger charge is -2.10. The molecule has 3 aromatic carbocycles. The number of hydrogen-bond donors (Lipinski definition) is 2. The first-order valence-corrected chi connectivity index (χ1v) is 10.6. The van der Waals surface area contributed by atoms with Crippen molar-refractivity contribution in [2.75, 3.05) is 24.3 Å². The Morgan fingerprint density at radius 2 is 1.29 bits per heavy atom. The van der Waals surface area contributed by atoms with Gasteiger partial charge in [0, 0.05) is 16.9 Å². The minimum absolute atomic E-state index is 0.0451. The summed E-state index contributed by atoms with van der Waals surface area (Å²) in [7, 11) is -0.991. The first-order valence-electron chi connectivity index (χ1n) is 9.09. The Hall–Kier alpha value is -3.85. The van der Waals surface area contributed by atoms with Crippen molar-refractivity contribution in [2.24, 2.45) is 0 Å². The minimum atomic E-state index is -3.79. The van der Waals surface area contributed by atoms with E-state index in [1.54, 1.807) is 24.3 Å². The molecule has 9 heteroatoms. The van der Waals surface area contributed by atoms with Gasteiger partial charge in [0.25, 0.3) is 15.9 Å². The number of carbonyl (C=O) groups is 2. The number of sulfonamides is 1. The molecule has 0 aliphatic carbocycles. The Morgan fingerprint density at radius 1 is 0.742 bits per heavy atom. The molecule has 1 amide bonds. The van der Waals surface area contributed by atoms with Crippen LogP contribution in [-0.2, 0) is 14.8 Å². The van der Waals surface area contributed by atoms with E-state index in [1.165, 1.54) is 62.8 Å². The maximum absolute atomic E-state index is 12.6. The average molecular weight is 440 g/mol. The summed E-state index contributed by atoms with van der Waals surface area (Å²) in [4.78, 5) is 23.9. The second kappa shape index (κ2) is 9.31. The molecule has 0 saturated carbocycles. The quantitative estimate of drug-likeness (QED) is 0.544. The summed E-state index contributed by atoms with van der Waals surface area (Å²) < 4.78 is 37.3. The van der Waals surface area contributed by atoms with Crippen LogP contribution >= 0.6 is 0 Å². The molecule has 31 heavy (non-hydrogen) atoms. The fourth-order valence-corrected chi connectivity index (χ4v) is 3.73. The summed E-state index contributed by atoms with van der Waals surface area (Å²) in [5, 5.41) is 2.68. The van der Waals surface area contributed by atoms with Crippen molar-refractivity contribution < 1.29 is 27.5 Å².